The summed E-state index contributed by atoms with van der Waals surface area (Å²) in [5.41, 5.74) is 4.45. The molecule has 0 unspecified atom stereocenters. The molecule has 0 amide bonds. The summed E-state index contributed by atoms with van der Waals surface area (Å²) in [6, 6.07) is 19.9. The molecule has 0 aliphatic rings. The van der Waals surface area contributed by atoms with Gasteiger partial charge in [0.15, 0.2) is 4.34 Å². The van der Waals surface area contributed by atoms with Crippen molar-refractivity contribution in [2.75, 3.05) is 0 Å². The van der Waals surface area contributed by atoms with Gasteiger partial charge in [0, 0.05) is 16.5 Å². The molecule has 0 fully saturated rings. The van der Waals surface area contributed by atoms with Gasteiger partial charge in [0.25, 0.3) is 5.89 Å². The van der Waals surface area contributed by atoms with Crippen LogP contribution in [0, 0.1) is 6.92 Å². The third kappa shape index (κ3) is 3.79. The maximum atomic E-state index is 5.92. The SMILES string of the molecule is Cc1onc(-c2ccccc2)c1-c1nnc(CSc2nc(-c3ccccc3)cs2)o1. The zero-order chi connectivity index (χ0) is 20.3. The van der Waals surface area contributed by atoms with Crippen LogP contribution in [0.25, 0.3) is 34.0 Å². The number of rotatable bonds is 6. The Labute approximate surface area is 181 Å². The predicted molar refractivity (Wildman–Crippen MR) is 117 cm³/mol. The second-order valence-electron chi connectivity index (χ2n) is 6.48. The van der Waals surface area contributed by atoms with E-state index >= 15 is 0 Å². The highest BCUT2D eigenvalue weighted by Crippen LogP contribution is 2.35. The highest BCUT2D eigenvalue weighted by atomic mass is 32.2. The molecule has 0 bridgehead atoms. The zero-order valence-corrected chi connectivity index (χ0v) is 17.6. The molecular weight excluding hydrogens is 416 g/mol. The van der Waals surface area contributed by atoms with Crippen LogP contribution >= 0.6 is 23.1 Å². The Morgan fingerprint density at radius 3 is 2.43 bits per heavy atom. The highest BCUT2D eigenvalue weighted by molar-refractivity contribution is 8.00. The van der Waals surface area contributed by atoms with Crippen LogP contribution in [0.3, 0.4) is 0 Å². The summed E-state index contributed by atoms with van der Waals surface area (Å²) in [4.78, 5) is 4.69. The first kappa shape index (κ1) is 18.8. The van der Waals surface area contributed by atoms with Crippen molar-refractivity contribution in [3.8, 4) is 34.0 Å². The van der Waals surface area contributed by atoms with Crippen LogP contribution in [0.5, 0.6) is 0 Å². The molecule has 3 aromatic heterocycles. The number of aryl methyl sites for hydroxylation is 1. The number of hydrogen-bond acceptors (Lipinski definition) is 8. The van der Waals surface area contributed by atoms with Crippen molar-refractivity contribution < 1.29 is 8.94 Å². The van der Waals surface area contributed by atoms with Gasteiger partial charge in [-0.1, -0.05) is 77.6 Å². The lowest BCUT2D eigenvalue weighted by molar-refractivity contribution is 0.399. The van der Waals surface area contributed by atoms with Crippen molar-refractivity contribution >= 4 is 23.1 Å². The van der Waals surface area contributed by atoms with Crippen LogP contribution in [-0.4, -0.2) is 20.3 Å². The van der Waals surface area contributed by atoms with E-state index in [1.807, 2.05) is 55.5 Å². The molecule has 0 aliphatic carbocycles. The van der Waals surface area contributed by atoms with Crippen molar-refractivity contribution in [3.05, 3.63) is 77.7 Å². The number of aromatic nitrogens is 4. The van der Waals surface area contributed by atoms with Gasteiger partial charge in [-0.2, -0.15) is 0 Å². The predicted octanol–water partition coefficient (Wildman–Crippen LogP) is 6.12. The molecule has 0 radical (unpaired) electrons. The van der Waals surface area contributed by atoms with Crippen LogP contribution in [0.1, 0.15) is 11.7 Å². The second kappa shape index (κ2) is 8.25. The largest absolute Gasteiger partial charge is 0.420 e. The van der Waals surface area contributed by atoms with E-state index in [0.717, 1.165) is 26.7 Å². The molecule has 0 atom stereocenters. The summed E-state index contributed by atoms with van der Waals surface area (Å²) in [5, 5.41) is 14.7. The third-order valence-electron chi connectivity index (χ3n) is 4.46. The standard InChI is InChI=1S/C22H16N4O2S2/c1-14-19(20(26-28-14)16-10-6-3-7-11-16)21-25-24-18(27-21)13-30-22-23-17(12-29-22)15-8-4-2-5-9-15/h2-12H,13H2,1H3. The number of benzene rings is 2. The van der Waals surface area contributed by atoms with Gasteiger partial charge in [-0.25, -0.2) is 4.98 Å². The number of nitrogens with zero attached hydrogens (tertiary/aromatic N) is 4. The van der Waals surface area contributed by atoms with Crippen molar-refractivity contribution in [3.63, 3.8) is 0 Å². The smallest absolute Gasteiger partial charge is 0.253 e. The first-order chi connectivity index (χ1) is 14.8. The van der Waals surface area contributed by atoms with E-state index in [1.54, 1.807) is 23.1 Å². The van der Waals surface area contributed by atoms with Gasteiger partial charge in [-0.15, -0.1) is 21.5 Å². The van der Waals surface area contributed by atoms with Crippen LogP contribution in [0.2, 0.25) is 0 Å². The molecule has 0 saturated heterocycles. The van der Waals surface area contributed by atoms with E-state index in [-0.39, 0.29) is 0 Å². The zero-order valence-electron chi connectivity index (χ0n) is 16.0. The van der Waals surface area contributed by atoms with Gasteiger partial charge >= 0.3 is 0 Å². The molecule has 30 heavy (non-hydrogen) atoms. The fourth-order valence-electron chi connectivity index (χ4n) is 3.02. The molecule has 0 aliphatic heterocycles. The lowest BCUT2D eigenvalue weighted by Gasteiger charge is -1.98. The molecule has 8 heteroatoms. The van der Waals surface area contributed by atoms with Crippen molar-refractivity contribution in [1.29, 1.82) is 0 Å². The van der Waals surface area contributed by atoms with Gasteiger partial charge in [-0.05, 0) is 6.92 Å². The monoisotopic (exact) mass is 432 g/mol. The Morgan fingerprint density at radius 1 is 0.933 bits per heavy atom. The summed E-state index contributed by atoms with van der Waals surface area (Å²) in [5.74, 6) is 2.13. The maximum Gasteiger partial charge on any atom is 0.253 e. The molecule has 5 aromatic rings. The first-order valence-electron chi connectivity index (χ1n) is 9.26. The summed E-state index contributed by atoms with van der Waals surface area (Å²) in [6.45, 7) is 1.84. The molecule has 0 N–H and O–H groups in total. The second-order valence-corrected chi connectivity index (χ2v) is 8.56. The molecule has 0 spiro atoms. The molecule has 3 heterocycles. The van der Waals surface area contributed by atoms with E-state index in [2.05, 4.69) is 37.9 Å². The molecule has 0 saturated carbocycles. The fraction of sp³-hybridized carbons (Fsp3) is 0.0909. The van der Waals surface area contributed by atoms with Crippen LogP contribution in [-0.2, 0) is 5.75 Å². The summed E-state index contributed by atoms with van der Waals surface area (Å²) < 4.78 is 12.3. The fourth-order valence-corrected chi connectivity index (χ4v) is 4.69. The normalized spacial score (nSPS) is 11.1. The molecule has 6 nitrogen and oxygen atoms in total. The van der Waals surface area contributed by atoms with E-state index < -0.39 is 0 Å². The van der Waals surface area contributed by atoms with Crippen molar-refractivity contribution in [1.82, 2.24) is 20.3 Å². The van der Waals surface area contributed by atoms with E-state index in [0.29, 0.717) is 29.0 Å². The van der Waals surface area contributed by atoms with E-state index in [1.165, 1.54) is 0 Å². The van der Waals surface area contributed by atoms with Gasteiger partial charge in [0.2, 0.25) is 5.89 Å². The minimum absolute atomic E-state index is 0.410. The molecule has 148 valence electrons. The minimum atomic E-state index is 0.410. The van der Waals surface area contributed by atoms with Crippen molar-refractivity contribution in [2.24, 2.45) is 0 Å². The minimum Gasteiger partial charge on any atom is -0.420 e. The van der Waals surface area contributed by atoms with E-state index in [9.17, 15) is 0 Å². The Bertz CT molecular complexity index is 1260. The summed E-state index contributed by atoms with van der Waals surface area (Å²) in [6.07, 6.45) is 0. The first-order valence-corrected chi connectivity index (χ1v) is 11.1. The average Bonchev–Trinajstić information content (AvgIpc) is 3.53. The lowest BCUT2D eigenvalue weighted by atomic mass is 10.1. The topological polar surface area (TPSA) is 77.8 Å². The third-order valence-corrected chi connectivity index (χ3v) is 6.47. The molecule has 2 aromatic carbocycles. The summed E-state index contributed by atoms with van der Waals surface area (Å²) >= 11 is 3.18. The Balaban J connectivity index is 1.33. The molecule has 5 rings (SSSR count). The highest BCUT2D eigenvalue weighted by Gasteiger charge is 2.22. The van der Waals surface area contributed by atoms with Gasteiger partial charge in [0.1, 0.15) is 17.0 Å². The quantitative estimate of drug-likeness (QED) is 0.299. The van der Waals surface area contributed by atoms with Crippen LogP contribution in [0.15, 0.2) is 79.3 Å². The number of thiazole rings is 1. The Hall–Kier alpha value is -3.23. The Kier molecular flexibility index (Phi) is 5.17. The summed E-state index contributed by atoms with van der Waals surface area (Å²) in [7, 11) is 0. The lowest BCUT2D eigenvalue weighted by Crippen LogP contribution is -1.84. The number of thioether (sulfide) groups is 1. The average molecular weight is 433 g/mol. The Morgan fingerprint density at radius 2 is 1.67 bits per heavy atom. The maximum absolute atomic E-state index is 5.92. The van der Waals surface area contributed by atoms with Crippen LogP contribution in [0.4, 0.5) is 0 Å². The number of hydrogen-bond donors (Lipinski definition) is 0. The van der Waals surface area contributed by atoms with Gasteiger partial charge < -0.3 is 8.94 Å². The molecular formula is C22H16N4O2S2. The van der Waals surface area contributed by atoms with Crippen LogP contribution < -0.4 is 0 Å². The van der Waals surface area contributed by atoms with Gasteiger partial charge in [-0.3, -0.25) is 0 Å². The van der Waals surface area contributed by atoms with Crippen molar-refractivity contribution in [2.45, 2.75) is 17.0 Å². The van der Waals surface area contributed by atoms with Gasteiger partial charge in [0.05, 0.1) is 11.4 Å². The van der Waals surface area contributed by atoms with E-state index in [4.69, 9.17) is 8.94 Å².